The summed E-state index contributed by atoms with van der Waals surface area (Å²) >= 11 is 0. The van der Waals surface area contributed by atoms with E-state index in [0.717, 1.165) is 0 Å². The standard InChI is InChI=1S/C10H10N4O4/c11-9(15)13-10(16)14-12-4-6-1-2-7-8(3-6)18-5-17-7/h1-4H,5H2,(H4,11,13,14,15,16)/b12-4+. The number of carbonyl (C=O) groups is 2. The van der Waals surface area contributed by atoms with E-state index in [2.05, 4.69) is 10.5 Å². The monoisotopic (exact) mass is 250 g/mol. The number of fused-ring (bicyclic) bond motifs is 1. The molecule has 94 valence electrons. The van der Waals surface area contributed by atoms with Crippen molar-refractivity contribution in [2.45, 2.75) is 0 Å². The van der Waals surface area contributed by atoms with Gasteiger partial charge in [-0.1, -0.05) is 0 Å². The SMILES string of the molecule is NC(=O)NC(=O)N/N=C/c1ccc2c(c1)OCO2. The van der Waals surface area contributed by atoms with Gasteiger partial charge in [-0.25, -0.2) is 15.0 Å². The van der Waals surface area contributed by atoms with Gasteiger partial charge in [0, 0.05) is 0 Å². The second kappa shape index (κ2) is 5.04. The van der Waals surface area contributed by atoms with Gasteiger partial charge in [-0.05, 0) is 23.8 Å². The Hall–Kier alpha value is -2.77. The van der Waals surface area contributed by atoms with Crippen LogP contribution in [0.5, 0.6) is 11.5 Å². The Morgan fingerprint density at radius 2 is 2.11 bits per heavy atom. The minimum Gasteiger partial charge on any atom is -0.454 e. The molecule has 0 fully saturated rings. The van der Waals surface area contributed by atoms with Crippen LogP contribution in [0.4, 0.5) is 9.59 Å². The topological polar surface area (TPSA) is 115 Å². The molecular weight excluding hydrogens is 240 g/mol. The van der Waals surface area contributed by atoms with E-state index < -0.39 is 12.1 Å². The largest absolute Gasteiger partial charge is 0.454 e. The van der Waals surface area contributed by atoms with Crippen molar-refractivity contribution in [3.8, 4) is 11.5 Å². The zero-order valence-corrected chi connectivity index (χ0v) is 9.17. The van der Waals surface area contributed by atoms with Crippen LogP contribution in [-0.2, 0) is 0 Å². The van der Waals surface area contributed by atoms with Gasteiger partial charge in [0.15, 0.2) is 11.5 Å². The Morgan fingerprint density at radius 3 is 2.89 bits per heavy atom. The lowest BCUT2D eigenvalue weighted by Crippen LogP contribution is -2.40. The zero-order valence-electron chi connectivity index (χ0n) is 9.17. The fourth-order valence-corrected chi connectivity index (χ4v) is 1.30. The molecule has 0 aromatic heterocycles. The number of hydrogen-bond acceptors (Lipinski definition) is 5. The van der Waals surface area contributed by atoms with E-state index in [1.807, 2.05) is 0 Å². The Balaban J connectivity index is 1.93. The molecule has 2 rings (SSSR count). The molecule has 0 radical (unpaired) electrons. The predicted molar refractivity (Wildman–Crippen MR) is 61.4 cm³/mol. The molecule has 0 bridgehead atoms. The first-order valence-corrected chi connectivity index (χ1v) is 4.94. The highest BCUT2D eigenvalue weighted by Crippen LogP contribution is 2.31. The minimum absolute atomic E-state index is 0.190. The summed E-state index contributed by atoms with van der Waals surface area (Å²) < 4.78 is 10.3. The number of primary amides is 1. The summed E-state index contributed by atoms with van der Waals surface area (Å²) in [6.45, 7) is 0.190. The van der Waals surface area contributed by atoms with Gasteiger partial charge < -0.3 is 15.2 Å². The van der Waals surface area contributed by atoms with E-state index in [-0.39, 0.29) is 6.79 Å². The van der Waals surface area contributed by atoms with Gasteiger partial charge in [-0.15, -0.1) is 0 Å². The van der Waals surface area contributed by atoms with Gasteiger partial charge in [0.25, 0.3) is 0 Å². The number of hydrogen-bond donors (Lipinski definition) is 3. The average Bonchev–Trinajstić information content (AvgIpc) is 2.75. The minimum atomic E-state index is -0.953. The van der Waals surface area contributed by atoms with Crippen molar-refractivity contribution in [1.29, 1.82) is 0 Å². The van der Waals surface area contributed by atoms with Crippen LogP contribution < -0.4 is 25.9 Å². The quantitative estimate of drug-likeness (QED) is 0.511. The van der Waals surface area contributed by atoms with E-state index in [4.69, 9.17) is 15.2 Å². The lowest BCUT2D eigenvalue weighted by molar-refractivity contribution is 0.174. The molecule has 1 aliphatic heterocycles. The highest BCUT2D eigenvalue weighted by Gasteiger charge is 2.12. The average molecular weight is 250 g/mol. The summed E-state index contributed by atoms with van der Waals surface area (Å²) in [7, 11) is 0. The molecule has 0 spiro atoms. The third-order valence-electron chi connectivity index (χ3n) is 2.01. The second-order valence-corrected chi connectivity index (χ2v) is 3.30. The number of ether oxygens (including phenoxy) is 2. The number of imide groups is 1. The highest BCUT2D eigenvalue weighted by molar-refractivity contribution is 5.93. The van der Waals surface area contributed by atoms with Crippen LogP contribution in [0, 0.1) is 0 Å². The first-order chi connectivity index (χ1) is 8.65. The van der Waals surface area contributed by atoms with Gasteiger partial charge in [0.05, 0.1) is 6.21 Å². The molecule has 1 aromatic carbocycles. The number of nitrogens with zero attached hydrogens (tertiary/aromatic N) is 1. The van der Waals surface area contributed by atoms with Gasteiger partial charge in [0.2, 0.25) is 6.79 Å². The van der Waals surface area contributed by atoms with Gasteiger partial charge in [0.1, 0.15) is 0 Å². The first-order valence-electron chi connectivity index (χ1n) is 4.94. The fourth-order valence-electron chi connectivity index (χ4n) is 1.30. The van der Waals surface area contributed by atoms with Crippen LogP contribution >= 0.6 is 0 Å². The van der Waals surface area contributed by atoms with Crippen molar-refractivity contribution in [2.75, 3.05) is 6.79 Å². The normalized spacial score (nSPS) is 12.4. The fraction of sp³-hybridized carbons (Fsp3) is 0.100. The summed E-state index contributed by atoms with van der Waals surface area (Å²) in [4.78, 5) is 21.3. The number of hydrazone groups is 1. The smallest absolute Gasteiger partial charge is 0.343 e. The molecule has 1 aliphatic rings. The van der Waals surface area contributed by atoms with E-state index in [1.165, 1.54) is 6.21 Å². The Kier molecular flexibility index (Phi) is 3.28. The number of amides is 4. The van der Waals surface area contributed by atoms with Crippen LogP contribution in [-0.4, -0.2) is 25.1 Å². The molecule has 0 unspecified atom stereocenters. The summed E-state index contributed by atoms with van der Waals surface area (Å²) in [6.07, 6.45) is 1.39. The van der Waals surface area contributed by atoms with Crippen LogP contribution in [0.3, 0.4) is 0 Å². The lowest BCUT2D eigenvalue weighted by atomic mass is 10.2. The number of nitrogens with one attached hydrogen (secondary N) is 2. The number of benzene rings is 1. The Morgan fingerprint density at radius 1 is 1.33 bits per heavy atom. The van der Waals surface area contributed by atoms with E-state index >= 15 is 0 Å². The molecule has 1 heterocycles. The Labute approximate surface area is 102 Å². The van der Waals surface area contributed by atoms with E-state index in [0.29, 0.717) is 17.1 Å². The maximum atomic E-state index is 10.9. The lowest BCUT2D eigenvalue weighted by Gasteiger charge is -1.99. The first kappa shape index (κ1) is 11.7. The van der Waals surface area contributed by atoms with Crippen LogP contribution in [0.1, 0.15) is 5.56 Å². The van der Waals surface area contributed by atoms with Crippen molar-refractivity contribution in [2.24, 2.45) is 10.8 Å². The summed E-state index contributed by atoms with van der Waals surface area (Å²) in [5.74, 6) is 1.27. The van der Waals surface area contributed by atoms with Crippen LogP contribution in [0.2, 0.25) is 0 Å². The summed E-state index contributed by atoms with van der Waals surface area (Å²) in [5, 5.41) is 5.43. The Bertz CT molecular complexity index is 515. The number of carbonyl (C=O) groups excluding carboxylic acids is 2. The molecule has 1 aromatic rings. The number of urea groups is 2. The predicted octanol–water partition coefficient (Wildman–Crippen LogP) is 0.127. The zero-order chi connectivity index (χ0) is 13.0. The van der Waals surface area contributed by atoms with Crippen molar-refractivity contribution in [3.63, 3.8) is 0 Å². The van der Waals surface area contributed by atoms with Crippen LogP contribution in [0.25, 0.3) is 0 Å². The van der Waals surface area contributed by atoms with Gasteiger partial charge >= 0.3 is 12.1 Å². The molecule has 0 saturated carbocycles. The molecule has 4 amide bonds. The molecular formula is C10H10N4O4. The number of rotatable bonds is 2. The van der Waals surface area contributed by atoms with Crippen molar-refractivity contribution >= 4 is 18.3 Å². The van der Waals surface area contributed by atoms with Gasteiger partial charge in [-0.3, -0.25) is 5.32 Å². The van der Waals surface area contributed by atoms with E-state index in [9.17, 15) is 9.59 Å². The number of nitrogens with two attached hydrogens (primary N) is 1. The van der Waals surface area contributed by atoms with Gasteiger partial charge in [-0.2, -0.15) is 5.10 Å². The molecule has 0 aliphatic carbocycles. The highest BCUT2D eigenvalue weighted by atomic mass is 16.7. The van der Waals surface area contributed by atoms with E-state index in [1.54, 1.807) is 23.5 Å². The third kappa shape index (κ3) is 2.88. The summed E-state index contributed by atoms with van der Waals surface area (Å²) in [6, 6.07) is 3.42. The maximum absolute atomic E-state index is 10.9. The third-order valence-corrected chi connectivity index (χ3v) is 2.01. The van der Waals surface area contributed by atoms with Crippen molar-refractivity contribution < 1.29 is 19.1 Å². The molecule has 4 N–H and O–H groups in total. The second-order valence-electron chi connectivity index (χ2n) is 3.30. The van der Waals surface area contributed by atoms with Crippen molar-refractivity contribution in [1.82, 2.24) is 10.7 Å². The van der Waals surface area contributed by atoms with Crippen molar-refractivity contribution in [3.05, 3.63) is 23.8 Å². The molecule has 8 heteroatoms. The molecule has 0 atom stereocenters. The maximum Gasteiger partial charge on any atom is 0.343 e. The molecule has 0 saturated heterocycles. The van der Waals surface area contributed by atoms with Crippen LogP contribution in [0.15, 0.2) is 23.3 Å². The molecule has 8 nitrogen and oxygen atoms in total. The molecule has 18 heavy (non-hydrogen) atoms. The summed E-state index contributed by atoms with van der Waals surface area (Å²) in [5.41, 5.74) is 7.53.